The molecule has 3 N–H and O–H groups in total. The van der Waals surface area contributed by atoms with Crippen LogP contribution in [-0.2, 0) is 11.0 Å². The highest BCUT2D eigenvalue weighted by atomic mass is 19.4. The maximum atomic E-state index is 12.4. The van der Waals surface area contributed by atoms with Gasteiger partial charge in [0.15, 0.2) is 5.69 Å². The number of H-pyrrole nitrogens is 1. The number of halogens is 3. The molecular weight excluding hydrogens is 267 g/mol. The number of carboxylic acids is 1. The fourth-order valence-corrected chi connectivity index (χ4v) is 1.38. The van der Waals surface area contributed by atoms with Gasteiger partial charge in [0.2, 0.25) is 5.95 Å². The largest absolute Gasteiger partial charge is 0.480 e. The van der Waals surface area contributed by atoms with Crippen LogP contribution in [0.3, 0.4) is 0 Å². The Morgan fingerprint density at radius 3 is 2.68 bits per heavy atom. The maximum Gasteiger partial charge on any atom is 0.433 e. The summed E-state index contributed by atoms with van der Waals surface area (Å²) < 4.78 is 37.3. The number of carbonyl (C=O) groups is 1. The van der Waals surface area contributed by atoms with Crippen LogP contribution in [-0.4, -0.2) is 27.1 Å². The molecule has 0 aromatic carbocycles. The van der Waals surface area contributed by atoms with E-state index in [1.165, 1.54) is 0 Å². The Morgan fingerprint density at radius 1 is 1.58 bits per heavy atom. The third-order valence-electron chi connectivity index (χ3n) is 2.22. The number of carboxylic acid groups (broad SMARTS) is 1. The van der Waals surface area contributed by atoms with Gasteiger partial charge in [0.05, 0.1) is 0 Å². The second-order valence-corrected chi connectivity index (χ2v) is 3.80. The molecule has 0 aliphatic carbocycles. The molecule has 0 bridgehead atoms. The first-order valence-corrected chi connectivity index (χ1v) is 5.42. The van der Waals surface area contributed by atoms with E-state index >= 15 is 0 Å². The standard InChI is InChI=1S/C10H12F3N3O3/c1-2-3-5(8(18)19)14-9-15-6(10(11,12)13)4-7(17)16-9/h4-5H,2-3H2,1H3,(H,18,19)(H2,14,15,16,17). The van der Waals surface area contributed by atoms with Crippen LogP contribution in [0.25, 0.3) is 0 Å². The summed E-state index contributed by atoms with van der Waals surface area (Å²) in [7, 11) is 0. The predicted molar refractivity (Wildman–Crippen MR) is 59.8 cm³/mol. The smallest absolute Gasteiger partial charge is 0.433 e. The zero-order valence-electron chi connectivity index (χ0n) is 9.91. The summed E-state index contributed by atoms with van der Waals surface area (Å²) in [6.07, 6.45) is -4.07. The predicted octanol–water partition coefficient (Wildman–Crippen LogP) is 1.45. The molecule has 1 rings (SSSR count). The van der Waals surface area contributed by atoms with Gasteiger partial charge in [-0.05, 0) is 6.42 Å². The Balaban J connectivity index is 3.04. The van der Waals surface area contributed by atoms with Crippen molar-refractivity contribution in [3.63, 3.8) is 0 Å². The van der Waals surface area contributed by atoms with E-state index in [1.807, 2.05) is 4.98 Å². The molecule has 0 amide bonds. The minimum absolute atomic E-state index is 0.190. The molecule has 0 radical (unpaired) electrons. The Morgan fingerprint density at radius 2 is 2.21 bits per heavy atom. The SMILES string of the molecule is CCCC(Nc1nc(C(F)(F)F)cc(=O)[nH]1)C(=O)O. The first kappa shape index (κ1) is 15.0. The average Bonchev–Trinajstić information content (AvgIpc) is 2.26. The molecule has 1 aromatic heterocycles. The molecule has 0 aliphatic heterocycles. The summed E-state index contributed by atoms with van der Waals surface area (Å²) in [6.45, 7) is 1.72. The van der Waals surface area contributed by atoms with Gasteiger partial charge in [-0.3, -0.25) is 9.78 Å². The molecule has 1 heterocycles. The van der Waals surface area contributed by atoms with Crippen LogP contribution >= 0.6 is 0 Å². The van der Waals surface area contributed by atoms with Crippen LogP contribution in [0.4, 0.5) is 19.1 Å². The summed E-state index contributed by atoms with van der Waals surface area (Å²) in [5.41, 5.74) is -2.38. The van der Waals surface area contributed by atoms with Crippen LogP contribution in [0.2, 0.25) is 0 Å². The van der Waals surface area contributed by atoms with E-state index in [-0.39, 0.29) is 6.42 Å². The van der Waals surface area contributed by atoms with E-state index in [4.69, 9.17) is 5.11 Å². The van der Waals surface area contributed by atoms with Crippen molar-refractivity contribution in [1.82, 2.24) is 9.97 Å². The third kappa shape index (κ3) is 4.27. The van der Waals surface area contributed by atoms with Gasteiger partial charge in [0, 0.05) is 6.07 Å². The molecule has 0 saturated heterocycles. The molecule has 19 heavy (non-hydrogen) atoms. The number of alkyl halides is 3. The van der Waals surface area contributed by atoms with Crippen molar-refractivity contribution in [2.75, 3.05) is 5.32 Å². The molecule has 9 heteroatoms. The van der Waals surface area contributed by atoms with Crippen molar-refractivity contribution in [2.24, 2.45) is 0 Å². The highest BCUT2D eigenvalue weighted by Gasteiger charge is 2.33. The fraction of sp³-hybridized carbons (Fsp3) is 0.500. The highest BCUT2D eigenvalue weighted by molar-refractivity contribution is 5.76. The number of aliphatic carboxylic acids is 1. The number of rotatable bonds is 5. The van der Waals surface area contributed by atoms with Crippen LogP contribution < -0.4 is 10.9 Å². The summed E-state index contributed by atoms with van der Waals surface area (Å²) in [4.78, 5) is 27.1. The van der Waals surface area contributed by atoms with E-state index in [0.29, 0.717) is 12.5 Å². The lowest BCUT2D eigenvalue weighted by Crippen LogP contribution is -2.31. The second-order valence-electron chi connectivity index (χ2n) is 3.80. The average molecular weight is 279 g/mol. The Kier molecular flexibility index (Phi) is 4.52. The topological polar surface area (TPSA) is 95.1 Å². The second kappa shape index (κ2) is 5.72. The maximum absolute atomic E-state index is 12.4. The molecule has 1 unspecified atom stereocenters. The van der Waals surface area contributed by atoms with Gasteiger partial charge < -0.3 is 10.4 Å². The lowest BCUT2D eigenvalue weighted by atomic mass is 10.2. The normalized spacial score (nSPS) is 13.1. The lowest BCUT2D eigenvalue weighted by molar-refractivity contribution is -0.141. The first-order chi connectivity index (χ1) is 8.74. The van der Waals surface area contributed by atoms with Crippen LogP contribution in [0.1, 0.15) is 25.5 Å². The van der Waals surface area contributed by atoms with Gasteiger partial charge in [-0.15, -0.1) is 0 Å². The van der Waals surface area contributed by atoms with Crippen molar-refractivity contribution in [3.05, 3.63) is 22.1 Å². The number of hydrogen-bond acceptors (Lipinski definition) is 4. The van der Waals surface area contributed by atoms with Gasteiger partial charge in [0.1, 0.15) is 6.04 Å². The minimum Gasteiger partial charge on any atom is -0.480 e. The molecule has 0 spiro atoms. The van der Waals surface area contributed by atoms with E-state index < -0.39 is 35.4 Å². The fourth-order valence-electron chi connectivity index (χ4n) is 1.38. The van der Waals surface area contributed by atoms with E-state index in [2.05, 4.69) is 10.3 Å². The van der Waals surface area contributed by atoms with Gasteiger partial charge in [-0.2, -0.15) is 13.2 Å². The van der Waals surface area contributed by atoms with Gasteiger partial charge in [-0.25, -0.2) is 9.78 Å². The molecule has 1 aromatic rings. The molecule has 0 aliphatic rings. The van der Waals surface area contributed by atoms with Gasteiger partial charge in [-0.1, -0.05) is 13.3 Å². The van der Waals surface area contributed by atoms with Crippen molar-refractivity contribution < 1.29 is 23.1 Å². The first-order valence-electron chi connectivity index (χ1n) is 5.42. The number of aromatic amines is 1. The number of nitrogens with zero attached hydrogens (tertiary/aromatic N) is 1. The van der Waals surface area contributed by atoms with Gasteiger partial charge >= 0.3 is 12.1 Å². The van der Waals surface area contributed by atoms with Crippen LogP contribution in [0, 0.1) is 0 Å². The molecule has 6 nitrogen and oxygen atoms in total. The van der Waals surface area contributed by atoms with Crippen LogP contribution in [0.5, 0.6) is 0 Å². The Hall–Kier alpha value is -2.06. The van der Waals surface area contributed by atoms with Crippen molar-refractivity contribution >= 4 is 11.9 Å². The van der Waals surface area contributed by atoms with E-state index in [9.17, 15) is 22.8 Å². The zero-order chi connectivity index (χ0) is 14.6. The Labute approximate surface area is 105 Å². The summed E-state index contributed by atoms with van der Waals surface area (Å²) in [5, 5.41) is 11.1. The number of nitrogens with one attached hydrogen (secondary N) is 2. The summed E-state index contributed by atoms with van der Waals surface area (Å²) in [6, 6.07) is -0.808. The molecule has 106 valence electrons. The third-order valence-corrected chi connectivity index (χ3v) is 2.22. The number of aromatic nitrogens is 2. The monoisotopic (exact) mass is 279 g/mol. The molecule has 0 saturated carbocycles. The van der Waals surface area contributed by atoms with E-state index in [0.717, 1.165) is 0 Å². The minimum atomic E-state index is -4.77. The molecule has 0 fully saturated rings. The van der Waals surface area contributed by atoms with Crippen molar-refractivity contribution in [1.29, 1.82) is 0 Å². The van der Waals surface area contributed by atoms with E-state index in [1.54, 1.807) is 6.92 Å². The van der Waals surface area contributed by atoms with Crippen molar-refractivity contribution in [3.8, 4) is 0 Å². The highest BCUT2D eigenvalue weighted by Crippen LogP contribution is 2.26. The summed E-state index contributed by atoms with van der Waals surface area (Å²) >= 11 is 0. The lowest BCUT2D eigenvalue weighted by Gasteiger charge is -2.14. The molecular formula is C10H12F3N3O3. The molecule has 1 atom stereocenters. The number of hydrogen-bond donors (Lipinski definition) is 3. The van der Waals surface area contributed by atoms with Crippen molar-refractivity contribution in [2.45, 2.75) is 32.0 Å². The zero-order valence-corrected chi connectivity index (χ0v) is 9.91. The quantitative estimate of drug-likeness (QED) is 0.758. The van der Waals surface area contributed by atoms with Crippen LogP contribution in [0.15, 0.2) is 10.9 Å². The summed E-state index contributed by atoms with van der Waals surface area (Å²) in [5.74, 6) is -1.75. The van der Waals surface area contributed by atoms with Gasteiger partial charge in [0.25, 0.3) is 5.56 Å². The number of anilines is 1. The Bertz CT molecular complexity index is 513.